The molecule has 3 aromatic rings. The van der Waals surface area contributed by atoms with Crippen LogP contribution in [0.1, 0.15) is 12.0 Å². The van der Waals surface area contributed by atoms with E-state index in [1.165, 1.54) is 28.0 Å². The zero-order chi connectivity index (χ0) is 16.9. The Balaban J connectivity index is 1.56. The molecular weight excluding hydrogens is 302 g/mol. The molecule has 1 nitrogen and oxygen atoms in total. The molecule has 0 radical (unpaired) electrons. The number of hydrogen-bond acceptors (Lipinski definition) is 1. The van der Waals surface area contributed by atoms with Crippen LogP contribution in [0.15, 0.2) is 103 Å². The smallest absolute Gasteiger partial charge is 0.0488 e. The highest BCUT2D eigenvalue weighted by Crippen LogP contribution is 2.31. The maximum atomic E-state index is 3.72. The van der Waals surface area contributed by atoms with Crippen molar-refractivity contribution in [2.45, 2.75) is 12.5 Å². The zero-order valence-corrected chi connectivity index (χ0v) is 14.1. The lowest BCUT2D eigenvalue weighted by molar-refractivity contribution is 0.897. The Morgan fingerprint density at radius 1 is 0.680 bits per heavy atom. The van der Waals surface area contributed by atoms with Crippen LogP contribution < -0.4 is 5.32 Å². The Hall–Kier alpha value is -3.06. The van der Waals surface area contributed by atoms with Crippen molar-refractivity contribution >= 4 is 11.3 Å². The highest BCUT2D eigenvalue weighted by Gasteiger charge is 2.14. The molecule has 0 heterocycles. The molecule has 0 aromatic heterocycles. The quantitative estimate of drug-likeness (QED) is 0.604. The summed E-state index contributed by atoms with van der Waals surface area (Å²) in [6.07, 6.45) is 7.61. The molecule has 0 saturated heterocycles. The summed E-state index contributed by atoms with van der Waals surface area (Å²) in [5.41, 5.74) is 6.34. The minimum atomic E-state index is 0.296. The fraction of sp³-hybridized carbons (Fsp3) is 0.0833. The van der Waals surface area contributed by atoms with Gasteiger partial charge >= 0.3 is 0 Å². The summed E-state index contributed by atoms with van der Waals surface area (Å²) in [5.74, 6) is 0. The molecule has 0 spiro atoms. The van der Waals surface area contributed by atoms with Crippen LogP contribution in [0.4, 0.5) is 5.69 Å². The van der Waals surface area contributed by atoms with Crippen molar-refractivity contribution in [2.75, 3.05) is 5.32 Å². The number of anilines is 1. The van der Waals surface area contributed by atoms with Crippen LogP contribution in [0.5, 0.6) is 0 Å². The van der Waals surface area contributed by atoms with E-state index in [9.17, 15) is 0 Å². The van der Waals surface area contributed by atoms with Gasteiger partial charge in [0, 0.05) is 17.3 Å². The molecule has 25 heavy (non-hydrogen) atoms. The molecule has 0 fully saturated rings. The number of benzene rings is 3. The highest BCUT2D eigenvalue weighted by atomic mass is 14.9. The number of para-hydroxylation sites is 1. The van der Waals surface area contributed by atoms with Crippen molar-refractivity contribution in [3.8, 4) is 11.1 Å². The predicted octanol–water partition coefficient (Wildman–Crippen LogP) is 6.18. The number of hydrogen-bond donors (Lipinski definition) is 1. The molecule has 122 valence electrons. The molecule has 1 aliphatic rings. The number of nitrogens with one attached hydrogen (secondary N) is 1. The van der Waals surface area contributed by atoms with Crippen molar-refractivity contribution < 1.29 is 0 Å². The van der Waals surface area contributed by atoms with Gasteiger partial charge in [-0.1, -0.05) is 97.1 Å². The average molecular weight is 323 g/mol. The van der Waals surface area contributed by atoms with E-state index in [0.717, 1.165) is 6.42 Å². The van der Waals surface area contributed by atoms with E-state index in [-0.39, 0.29) is 0 Å². The second kappa shape index (κ2) is 7.23. The van der Waals surface area contributed by atoms with Gasteiger partial charge in [0.2, 0.25) is 0 Å². The highest BCUT2D eigenvalue weighted by molar-refractivity contribution is 5.79. The van der Waals surface area contributed by atoms with Gasteiger partial charge in [-0.05, 0) is 29.2 Å². The predicted molar refractivity (Wildman–Crippen MR) is 107 cm³/mol. The van der Waals surface area contributed by atoms with Crippen molar-refractivity contribution in [1.82, 2.24) is 0 Å². The summed E-state index contributed by atoms with van der Waals surface area (Å²) in [5, 5.41) is 3.72. The summed E-state index contributed by atoms with van der Waals surface area (Å²) >= 11 is 0. The van der Waals surface area contributed by atoms with Gasteiger partial charge in [-0.3, -0.25) is 0 Å². The molecule has 1 aliphatic carbocycles. The second-order valence-corrected chi connectivity index (χ2v) is 6.31. The van der Waals surface area contributed by atoms with Crippen LogP contribution in [-0.4, -0.2) is 6.04 Å². The minimum Gasteiger partial charge on any atom is -0.378 e. The Morgan fingerprint density at radius 3 is 2.08 bits per heavy atom. The first kappa shape index (κ1) is 15.5. The van der Waals surface area contributed by atoms with Crippen LogP contribution in [0.25, 0.3) is 16.7 Å². The van der Waals surface area contributed by atoms with Crippen LogP contribution in [0.2, 0.25) is 0 Å². The summed E-state index contributed by atoms with van der Waals surface area (Å²) in [6.45, 7) is 0. The van der Waals surface area contributed by atoms with Gasteiger partial charge in [0.25, 0.3) is 0 Å². The molecule has 3 aromatic carbocycles. The summed E-state index contributed by atoms with van der Waals surface area (Å²) in [4.78, 5) is 0. The van der Waals surface area contributed by atoms with Crippen molar-refractivity contribution in [3.05, 3.63) is 109 Å². The molecule has 1 atom stereocenters. The van der Waals surface area contributed by atoms with Gasteiger partial charge in [0.05, 0.1) is 0 Å². The van der Waals surface area contributed by atoms with E-state index in [0.29, 0.717) is 6.04 Å². The van der Waals surface area contributed by atoms with Gasteiger partial charge in [-0.2, -0.15) is 0 Å². The Labute approximate surface area is 149 Å². The fourth-order valence-electron chi connectivity index (χ4n) is 3.32. The average Bonchev–Trinajstić information content (AvgIpc) is 2.70. The van der Waals surface area contributed by atoms with Gasteiger partial charge in [0.15, 0.2) is 0 Å². The first-order valence-electron chi connectivity index (χ1n) is 8.74. The second-order valence-electron chi connectivity index (χ2n) is 6.31. The number of allylic oxidation sites excluding steroid dienone is 2. The molecule has 0 aliphatic heterocycles. The maximum absolute atomic E-state index is 3.72. The van der Waals surface area contributed by atoms with E-state index in [2.05, 4.69) is 108 Å². The lowest BCUT2D eigenvalue weighted by Gasteiger charge is -2.23. The lowest BCUT2D eigenvalue weighted by Crippen LogP contribution is -2.19. The van der Waals surface area contributed by atoms with E-state index < -0.39 is 0 Å². The maximum Gasteiger partial charge on any atom is 0.0488 e. The van der Waals surface area contributed by atoms with Crippen molar-refractivity contribution in [1.29, 1.82) is 0 Å². The molecule has 0 amide bonds. The Bertz CT molecular complexity index is 892. The normalized spacial score (nSPS) is 16.3. The van der Waals surface area contributed by atoms with Crippen molar-refractivity contribution in [3.63, 3.8) is 0 Å². The largest absolute Gasteiger partial charge is 0.378 e. The lowest BCUT2D eigenvalue weighted by atomic mass is 9.94. The molecule has 0 saturated carbocycles. The van der Waals surface area contributed by atoms with Crippen LogP contribution in [0, 0.1) is 0 Å². The summed E-state index contributed by atoms with van der Waals surface area (Å²) in [7, 11) is 0. The van der Waals surface area contributed by atoms with E-state index in [1.54, 1.807) is 0 Å². The summed E-state index contributed by atoms with van der Waals surface area (Å²) < 4.78 is 0. The van der Waals surface area contributed by atoms with Crippen LogP contribution in [-0.2, 0) is 0 Å². The van der Waals surface area contributed by atoms with Gasteiger partial charge in [0.1, 0.15) is 0 Å². The van der Waals surface area contributed by atoms with Crippen molar-refractivity contribution in [2.24, 2.45) is 0 Å². The third-order valence-corrected chi connectivity index (χ3v) is 4.58. The van der Waals surface area contributed by atoms with E-state index in [4.69, 9.17) is 0 Å². The van der Waals surface area contributed by atoms with Gasteiger partial charge in [-0.15, -0.1) is 0 Å². The van der Waals surface area contributed by atoms with Crippen LogP contribution >= 0.6 is 0 Å². The van der Waals surface area contributed by atoms with E-state index in [1.807, 2.05) is 0 Å². The first-order chi connectivity index (χ1) is 12.4. The molecule has 4 rings (SSSR count). The SMILES string of the molecule is C1=CC(Nc2ccccc2-c2ccccc2)CC(c2ccccc2)=C1. The van der Waals surface area contributed by atoms with Gasteiger partial charge < -0.3 is 5.32 Å². The number of rotatable bonds is 4. The molecular formula is C24H21N. The Kier molecular flexibility index (Phi) is 4.47. The van der Waals surface area contributed by atoms with Gasteiger partial charge in [-0.25, -0.2) is 0 Å². The molecule has 1 heteroatoms. The fourth-order valence-corrected chi connectivity index (χ4v) is 3.32. The molecule has 1 unspecified atom stereocenters. The zero-order valence-electron chi connectivity index (χ0n) is 14.1. The summed E-state index contributed by atoms with van der Waals surface area (Å²) in [6, 6.07) is 30.0. The third kappa shape index (κ3) is 3.56. The molecule has 1 N–H and O–H groups in total. The Morgan fingerprint density at radius 2 is 1.32 bits per heavy atom. The first-order valence-corrected chi connectivity index (χ1v) is 8.74. The third-order valence-electron chi connectivity index (χ3n) is 4.58. The minimum absolute atomic E-state index is 0.296. The standard InChI is InChI=1S/C24H21N/c1-3-10-19(11-4-1)21-14-9-15-22(18-21)25-24-17-8-7-16-23(24)20-12-5-2-6-13-20/h1-17,22,25H,18H2. The topological polar surface area (TPSA) is 12.0 Å². The monoisotopic (exact) mass is 323 g/mol. The molecule has 0 bridgehead atoms. The van der Waals surface area contributed by atoms with Crippen LogP contribution in [0.3, 0.4) is 0 Å². The van der Waals surface area contributed by atoms with E-state index >= 15 is 0 Å².